The molecule has 6 nitrogen and oxygen atoms in total. The van der Waals surface area contributed by atoms with E-state index in [1.165, 1.54) is 17.8 Å². The van der Waals surface area contributed by atoms with Crippen molar-refractivity contribution in [2.45, 2.75) is 6.92 Å². The highest BCUT2D eigenvalue weighted by atomic mass is 19.1. The number of ether oxygens (including phenoxy) is 1. The topological polar surface area (TPSA) is 61.9 Å². The normalized spacial score (nSPS) is 14.7. The molecule has 0 amide bonds. The Morgan fingerprint density at radius 2 is 1.30 bits per heavy atom. The molecule has 1 saturated heterocycles. The molecule has 3 aromatic carbocycles. The maximum Gasteiger partial charge on any atom is 0.123 e. The Labute approximate surface area is 174 Å². The van der Waals surface area contributed by atoms with Gasteiger partial charge in [0.15, 0.2) is 0 Å². The maximum absolute atomic E-state index is 12.9. The number of rotatable bonds is 5. The minimum Gasteiger partial charge on any atom is -0.378 e. The number of azo groups is 2. The Kier molecular flexibility index (Phi) is 6.20. The van der Waals surface area contributed by atoms with E-state index in [2.05, 4.69) is 37.5 Å². The van der Waals surface area contributed by atoms with Gasteiger partial charge < -0.3 is 9.64 Å². The number of anilines is 1. The number of hydrogen-bond acceptors (Lipinski definition) is 6. The zero-order valence-corrected chi connectivity index (χ0v) is 16.7. The largest absolute Gasteiger partial charge is 0.378 e. The van der Waals surface area contributed by atoms with Crippen molar-refractivity contribution >= 4 is 28.4 Å². The monoisotopic (exact) mass is 403 g/mol. The molecule has 0 aliphatic carbocycles. The van der Waals surface area contributed by atoms with Crippen molar-refractivity contribution in [1.29, 1.82) is 0 Å². The van der Waals surface area contributed by atoms with Gasteiger partial charge in [-0.05, 0) is 79.2 Å². The Bertz CT molecular complexity index is 1040. The Morgan fingerprint density at radius 1 is 0.733 bits per heavy atom. The fraction of sp³-hybridized carbons (Fsp3) is 0.217. The summed E-state index contributed by atoms with van der Waals surface area (Å²) >= 11 is 0. The summed E-state index contributed by atoms with van der Waals surface area (Å²) in [5, 5.41) is 17.0. The van der Waals surface area contributed by atoms with E-state index in [9.17, 15) is 4.39 Å². The molecule has 1 aliphatic rings. The average Bonchev–Trinajstić information content (AvgIpc) is 2.79. The Morgan fingerprint density at radius 3 is 1.97 bits per heavy atom. The van der Waals surface area contributed by atoms with Crippen molar-refractivity contribution in [3.05, 3.63) is 78.1 Å². The molecule has 7 heteroatoms. The van der Waals surface area contributed by atoms with Crippen LogP contribution in [0.15, 0.2) is 87.2 Å². The Hall–Kier alpha value is -3.45. The van der Waals surface area contributed by atoms with E-state index in [4.69, 9.17) is 4.74 Å². The third kappa shape index (κ3) is 5.12. The highest BCUT2D eigenvalue weighted by Crippen LogP contribution is 2.28. The fourth-order valence-corrected chi connectivity index (χ4v) is 3.10. The molecule has 4 rings (SSSR count). The molecule has 1 aliphatic heterocycles. The molecule has 1 fully saturated rings. The number of benzene rings is 3. The summed E-state index contributed by atoms with van der Waals surface area (Å²) in [7, 11) is 0. The SMILES string of the molecule is Cc1cc(N=Nc2ccc(F)cc2)ccc1N=Nc1ccc(N2CCOCC2)cc1. The minimum absolute atomic E-state index is 0.296. The van der Waals surface area contributed by atoms with Gasteiger partial charge in [-0.25, -0.2) is 4.39 Å². The van der Waals surface area contributed by atoms with Gasteiger partial charge in [-0.15, -0.1) is 0 Å². The standard InChI is InChI=1S/C23H22FN5O/c1-17-16-21(27-25-19-4-2-18(24)3-5-19)8-11-23(17)28-26-20-6-9-22(10-7-20)29-12-14-30-15-13-29/h2-11,16H,12-15H2,1H3. The van der Waals surface area contributed by atoms with E-state index in [-0.39, 0.29) is 5.82 Å². The average molecular weight is 403 g/mol. The first-order valence-corrected chi connectivity index (χ1v) is 9.80. The lowest BCUT2D eigenvalue weighted by Crippen LogP contribution is -2.36. The Balaban J connectivity index is 1.41. The molecule has 0 saturated carbocycles. The molecule has 0 bridgehead atoms. The highest BCUT2D eigenvalue weighted by molar-refractivity contribution is 5.55. The third-order valence-electron chi connectivity index (χ3n) is 4.79. The van der Waals surface area contributed by atoms with Gasteiger partial charge >= 0.3 is 0 Å². The van der Waals surface area contributed by atoms with Crippen LogP contribution in [-0.4, -0.2) is 26.3 Å². The van der Waals surface area contributed by atoms with Crippen molar-refractivity contribution in [3.8, 4) is 0 Å². The number of hydrogen-bond donors (Lipinski definition) is 0. The van der Waals surface area contributed by atoms with E-state index < -0.39 is 0 Å². The number of nitrogens with zero attached hydrogens (tertiary/aromatic N) is 5. The molecule has 0 atom stereocenters. The summed E-state index contributed by atoms with van der Waals surface area (Å²) in [4.78, 5) is 2.30. The highest BCUT2D eigenvalue weighted by Gasteiger charge is 2.10. The van der Waals surface area contributed by atoms with E-state index in [1.54, 1.807) is 12.1 Å². The van der Waals surface area contributed by atoms with Crippen LogP contribution >= 0.6 is 0 Å². The summed E-state index contributed by atoms with van der Waals surface area (Å²) in [5.74, 6) is -0.296. The maximum atomic E-state index is 12.9. The van der Waals surface area contributed by atoms with Gasteiger partial charge in [0.05, 0.1) is 36.0 Å². The molecule has 1 heterocycles. The van der Waals surface area contributed by atoms with Gasteiger partial charge in [0.25, 0.3) is 0 Å². The number of morpholine rings is 1. The van der Waals surface area contributed by atoms with Crippen LogP contribution in [-0.2, 0) is 4.74 Å². The van der Waals surface area contributed by atoms with Gasteiger partial charge in [-0.3, -0.25) is 0 Å². The van der Waals surface area contributed by atoms with Gasteiger partial charge in [-0.2, -0.15) is 20.5 Å². The fourth-order valence-electron chi connectivity index (χ4n) is 3.10. The van der Waals surface area contributed by atoms with E-state index >= 15 is 0 Å². The molecule has 0 aromatic heterocycles. The quantitative estimate of drug-likeness (QED) is 0.440. The second-order valence-electron chi connectivity index (χ2n) is 6.96. The van der Waals surface area contributed by atoms with Crippen molar-refractivity contribution in [2.24, 2.45) is 20.5 Å². The van der Waals surface area contributed by atoms with Crippen molar-refractivity contribution in [1.82, 2.24) is 0 Å². The predicted octanol–water partition coefficient (Wildman–Crippen LogP) is 6.80. The van der Waals surface area contributed by atoms with Crippen LogP contribution in [0, 0.1) is 12.7 Å². The van der Waals surface area contributed by atoms with E-state index in [0.29, 0.717) is 11.4 Å². The van der Waals surface area contributed by atoms with Crippen molar-refractivity contribution in [3.63, 3.8) is 0 Å². The van der Waals surface area contributed by atoms with Crippen LogP contribution in [0.4, 0.5) is 32.8 Å². The molecule has 30 heavy (non-hydrogen) atoms. The zero-order valence-electron chi connectivity index (χ0n) is 16.7. The molecule has 0 N–H and O–H groups in total. The van der Waals surface area contributed by atoms with Crippen LogP contribution in [0.2, 0.25) is 0 Å². The minimum atomic E-state index is -0.296. The van der Waals surface area contributed by atoms with Gasteiger partial charge in [0.2, 0.25) is 0 Å². The summed E-state index contributed by atoms with van der Waals surface area (Å²) in [6.07, 6.45) is 0. The van der Waals surface area contributed by atoms with Gasteiger partial charge in [0.1, 0.15) is 5.82 Å². The lowest BCUT2D eigenvalue weighted by atomic mass is 10.2. The van der Waals surface area contributed by atoms with Crippen molar-refractivity contribution in [2.75, 3.05) is 31.2 Å². The van der Waals surface area contributed by atoms with Crippen LogP contribution in [0.5, 0.6) is 0 Å². The zero-order chi connectivity index (χ0) is 20.8. The molecular weight excluding hydrogens is 381 g/mol. The van der Waals surface area contributed by atoms with Crippen LogP contribution < -0.4 is 4.90 Å². The molecule has 152 valence electrons. The summed E-state index contributed by atoms with van der Waals surface area (Å²) < 4.78 is 18.3. The summed E-state index contributed by atoms with van der Waals surface area (Å²) in [6, 6.07) is 19.5. The number of halogens is 1. The van der Waals surface area contributed by atoms with Gasteiger partial charge in [-0.1, -0.05) is 0 Å². The molecule has 3 aromatic rings. The van der Waals surface area contributed by atoms with Crippen molar-refractivity contribution < 1.29 is 9.13 Å². The van der Waals surface area contributed by atoms with E-state index in [0.717, 1.165) is 43.2 Å². The molecule has 0 unspecified atom stereocenters. The van der Waals surface area contributed by atoms with Crippen LogP contribution in [0.3, 0.4) is 0 Å². The molecular formula is C23H22FN5O. The molecule has 0 spiro atoms. The van der Waals surface area contributed by atoms with Crippen LogP contribution in [0.25, 0.3) is 0 Å². The number of aryl methyl sites for hydroxylation is 1. The summed E-state index contributed by atoms with van der Waals surface area (Å²) in [6.45, 7) is 5.29. The first-order chi connectivity index (χ1) is 14.7. The lowest BCUT2D eigenvalue weighted by molar-refractivity contribution is 0.122. The third-order valence-corrected chi connectivity index (χ3v) is 4.79. The lowest BCUT2D eigenvalue weighted by Gasteiger charge is -2.28. The smallest absolute Gasteiger partial charge is 0.123 e. The second kappa shape index (κ2) is 9.37. The first-order valence-electron chi connectivity index (χ1n) is 9.80. The predicted molar refractivity (Wildman–Crippen MR) is 115 cm³/mol. The first kappa shape index (κ1) is 19.8. The van der Waals surface area contributed by atoms with Crippen LogP contribution in [0.1, 0.15) is 5.56 Å². The molecule has 0 radical (unpaired) electrons. The van der Waals surface area contributed by atoms with Gasteiger partial charge in [0, 0.05) is 18.8 Å². The summed E-state index contributed by atoms with van der Waals surface area (Å²) in [5.41, 5.74) is 4.98. The second-order valence-corrected chi connectivity index (χ2v) is 6.96. The van der Waals surface area contributed by atoms with E-state index in [1.807, 2.05) is 37.3 Å².